The quantitative estimate of drug-likeness (QED) is 0.743. The van der Waals surface area contributed by atoms with E-state index in [0.717, 1.165) is 24.9 Å². The van der Waals surface area contributed by atoms with Gasteiger partial charge in [0.15, 0.2) is 0 Å². The SMILES string of the molecule is N#CC1(Nc2cccnc2)CCC1. The molecule has 0 spiro atoms. The summed E-state index contributed by atoms with van der Waals surface area (Å²) >= 11 is 0. The summed E-state index contributed by atoms with van der Waals surface area (Å²) in [5, 5.41) is 12.2. The number of nitrogens with one attached hydrogen (secondary N) is 1. The van der Waals surface area contributed by atoms with Gasteiger partial charge in [0.1, 0.15) is 5.54 Å². The minimum Gasteiger partial charge on any atom is -0.366 e. The molecule has 0 atom stereocenters. The Labute approximate surface area is 77.4 Å². The average molecular weight is 173 g/mol. The Balaban J connectivity index is 2.10. The average Bonchev–Trinajstić information content (AvgIpc) is 2.13. The molecule has 1 aliphatic rings. The standard InChI is InChI=1S/C10H11N3/c11-8-10(4-2-5-10)13-9-3-1-6-12-7-9/h1,3,6-7,13H,2,4-5H2. The van der Waals surface area contributed by atoms with E-state index in [4.69, 9.17) is 5.26 Å². The lowest BCUT2D eigenvalue weighted by Gasteiger charge is -2.36. The normalized spacial score (nSPS) is 18.4. The molecule has 1 N–H and O–H groups in total. The molecule has 1 fully saturated rings. The number of nitriles is 1. The Kier molecular flexibility index (Phi) is 1.90. The van der Waals surface area contributed by atoms with E-state index in [0.29, 0.717) is 0 Å². The molecule has 13 heavy (non-hydrogen) atoms. The van der Waals surface area contributed by atoms with Crippen LogP contribution in [0.15, 0.2) is 24.5 Å². The molecule has 1 aromatic heterocycles. The smallest absolute Gasteiger partial charge is 0.125 e. The molecule has 1 saturated carbocycles. The van der Waals surface area contributed by atoms with Crippen molar-refractivity contribution in [3.8, 4) is 6.07 Å². The zero-order chi connectivity index (χ0) is 9.15. The number of nitrogens with zero attached hydrogens (tertiary/aromatic N) is 2. The first-order valence-corrected chi connectivity index (χ1v) is 4.44. The van der Waals surface area contributed by atoms with Crippen molar-refractivity contribution in [3.05, 3.63) is 24.5 Å². The van der Waals surface area contributed by atoms with Crippen LogP contribution in [-0.2, 0) is 0 Å². The molecule has 0 amide bonds. The van der Waals surface area contributed by atoms with E-state index < -0.39 is 0 Å². The van der Waals surface area contributed by atoms with Crippen molar-refractivity contribution in [1.29, 1.82) is 5.26 Å². The number of pyridine rings is 1. The lowest BCUT2D eigenvalue weighted by atomic mass is 9.78. The Morgan fingerprint density at radius 2 is 2.38 bits per heavy atom. The highest BCUT2D eigenvalue weighted by Gasteiger charge is 2.36. The van der Waals surface area contributed by atoms with E-state index in [1.807, 2.05) is 12.1 Å². The van der Waals surface area contributed by atoms with Gasteiger partial charge in [0, 0.05) is 12.4 Å². The van der Waals surface area contributed by atoms with Gasteiger partial charge in [-0.1, -0.05) is 0 Å². The molecule has 0 aliphatic heterocycles. The van der Waals surface area contributed by atoms with Crippen molar-refractivity contribution >= 4 is 5.69 Å². The van der Waals surface area contributed by atoms with Crippen LogP contribution in [0.2, 0.25) is 0 Å². The maximum atomic E-state index is 8.96. The lowest BCUT2D eigenvalue weighted by Crippen LogP contribution is -2.43. The number of anilines is 1. The van der Waals surface area contributed by atoms with E-state index in [1.54, 1.807) is 12.4 Å². The second-order valence-corrected chi connectivity index (χ2v) is 3.41. The Hall–Kier alpha value is -1.56. The molecule has 66 valence electrons. The molecule has 2 rings (SSSR count). The zero-order valence-corrected chi connectivity index (χ0v) is 7.33. The van der Waals surface area contributed by atoms with Crippen LogP contribution in [0.4, 0.5) is 5.69 Å². The first kappa shape index (κ1) is 8.06. The van der Waals surface area contributed by atoms with E-state index in [1.165, 1.54) is 0 Å². The third-order valence-corrected chi connectivity index (χ3v) is 2.47. The van der Waals surface area contributed by atoms with Crippen LogP contribution in [0.1, 0.15) is 19.3 Å². The third kappa shape index (κ3) is 1.48. The van der Waals surface area contributed by atoms with Gasteiger partial charge in [-0.3, -0.25) is 4.98 Å². The van der Waals surface area contributed by atoms with Gasteiger partial charge in [-0.2, -0.15) is 5.26 Å². The molecule has 0 bridgehead atoms. The maximum absolute atomic E-state index is 8.96. The molecule has 0 unspecified atom stereocenters. The third-order valence-electron chi connectivity index (χ3n) is 2.47. The van der Waals surface area contributed by atoms with Gasteiger partial charge in [0.05, 0.1) is 11.8 Å². The second-order valence-electron chi connectivity index (χ2n) is 3.41. The van der Waals surface area contributed by atoms with Gasteiger partial charge < -0.3 is 5.32 Å². The van der Waals surface area contributed by atoms with E-state index in [9.17, 15) is 0 Å². The van der Waals surface area contributed by atoms with Gasteiger partial charge in [0.25, 0.3) is 0 Å². The predicted molar refractivity (Wildman–Crippen MR) is 50.1 cm³/mol. The molecular weight excluding hydrogens is 162 g/mol. The molecule has 1 heterocycles. The fourth-order valence-corrected chi connectivity index (χ4v) is 1.51. The minimum absolute atomic E-state index is 0.316. The molecule has 0 aromatic carbocycles. The molecule has 1 aliphatic carbocycles. The number of hydrogen-bond donors (Lipinski definition) is 1. The first-order chi connectivity index (χ1) is 6.35. The fourth-order valence-electron chi connectivity index (χ4n) is 1.51. The van der Waals surface area contributed by atoms with Crippen LogP contribution in [0, 0.1) is 11.3 Å². The second kappa shape index (κ2) is 3.06. The predicted octanol–water partition coefficient (Wildman–Crippen LogP) is 1.94. The molecule has 3 nitrogen and oxygen atoms in total. The summed E-state index contributed by atoms with van der Waals surface area (Å²) < 4.78 is 0. The van der Waals surface area contributed by atoms with Crippen molar-refractivity contribution in [2.24, 2.45) is 0 Å². The van der Waals surface area contributed by atoms with Crippen LogP contribution in [-0.4, -0.2) is 10.5 Å². The topological polar surface area (TPSA) is 48.7 Å². The molecule has 0 saturated heterocycles. The number of hydrogen-bond acceptors (Lipinski definition) is 3. The summed E-state index contributed by atoms with van der Waals surface area (Å²) in [4.78, 5) is 3.99. The van der Waals surface area contributed by atoms with Gasteiger partial charge in [-0.15, -0.1) is 0 Å². The van der Waals surface area contributed by atoms with E-state index in [-0.39, 0.29) is 5.54 Å². The number of aromatic nitrogens is 1. The largest absolute Gasteiger partial charge is 0.366 e. The molecule has 0 radical (unpaired) electrons. The summed E-state index contributed by atoms with van der Waals surface area (Å²) in [6.07, 6.45) is 6.50. The number of rotatable bonds is 2. The van der Waals surface area contributed by atoms with Crippen LogP contribution in [0.3, 0.4) is 0 Å². The van der Waals surface area contributed by atoms with E-state index in [2.05, 4.69) is 16.4 Å². The summed E-state index contributed by atoms with van der Waals surface area (Å²) in [5.74, 6) is 0. The molecular formula is C10H11N3. The first-order valence-electron chi connectivity index (χ1n) is 4.44. The summed E-state index contributed by atoms with van der Waals surface area (Å²) in [7, 11) is 0. The van der Waals surface area contributed by atoms with Crippen LogP contribution < -0.4 is 5.32 Å². The van der Waals surface area contributed by atoms with Crippen LogP contribution in [0.5, 0.6) is 0 Å². The van der Waals surface area contributed by atoms with Gasteiger partial charge >= 0.3 is 0 Å². The monoisotopic (exact) mass is 173 g/mol. The summed E-state index contributed by atoms with van der Waals surface area (Å²) in [6.45, 7) is 0. The Bertz CT molecular complexity index is 322. The highest BCUT2D eigenvalue weighted by atomic mass is 15.0. The highest BCUT2D eigenvalue weighted by Crippen LogP contribution is 2.34. The van der Waals surface area contributed by atoms with Crippen LogP contribution in [0.25, 0.3) is 0 Å². The zero-order valence-electron chi connectivity index (χ0n) is 7.33. The van der Waals surface area contributed by atoms with Crippen molar-refractivity contribution in [3.63, 3.8) is 0 Å². The molecule has 1 aromatic rings. The van der Waals surface area contributed by atoms with Gasteiger partial charge in [-0.05, 0) is 31.4 Å². The highest BCUT2D eigenvalue weighted by molar-refractivity contribution is 5.46. The van der Waals surface area contributed by atoms with E-state index >= 15 is 0 Å². The Morgan fingerprint density at radius 1 is 1.54 bits per heavy atom. The van der Waals surface area contributed by atoms with Gasteiger partial charge in [-0.25, -0.2) is 0 Å². The van der Waals surface area contributed by atoms with Crippen molar-refractivity contribution in [2.75, 3.05) is 5.32 Å². The maximum Gasteiger partial charge on any atom is 0.125 e. The van der Waals surface area contributed by atoms with Crippen molar-refractivity contribution < 1.29 is 0 Å². The van der Waals surface area contributed by atoms with Gasteiger partial charge in [0.2, 0.25) is 0 Å². The summed E-state index contributed by atoms with van der Waals surface area (Å²) in [6, 6.07) is 6.13. The molecule has 3 heteroatoms. The lowest BCUT2D eigenvalue weighted by molar-refractivity contribution is 0.356. The van der Waals surface area contributed by atoms with Crippen LogP contribution >= 0.6 is 0 Å². The minimum atomic E-state index is -0.316. The Morgan fingerprint density at radius 3 is 2.85 bits per heavy atom. The fraction of sp³-hybridized carbons (Fsp3) is 0.400. The summed E-state index contributed by atoms with van der Waals surface area (Å²) in [5.41, 5.74) is 0.618. The van der Waals surface area contributed by atoms with Crippen molar-refractivity contribution in [2.45, 2.75) is 24.8 Å². The van der Waals surface area contributed by atoms with Crippen molar-refractivity contribution in [1.82, 2.24) is 4.98 Å².